The molecule has 0 heterocycles. The van der Waals surface area contributed by atoms with Crippen molar-refractivity contribution in [2.45, 2.75) is 31.8 Å². The van der Waals surface area contributed by atoms with Crippen LogP contribution in [0.1, 0.15) is 31.4 Å². The first-order valence-corrected chi connectivity index (χ1v) is 6.32. The summed E-state index contributed by atoms with van der Waals surface area (Å²) in [6.07, 6.45) is 2.64. The molecule has 1 fully saturated rings. The van der Waals surface area contributed by atoms with E-state index in [0.29, 0.717) is 6.04 Å². The van der Waals surface area contributed by atoms with E-state index >= 15 is 0 Å². The topological polar surface area (TPSA) is 38.5 Å². The summed E-state index contributed by atoms with van der Waals surface area (Å²) in [5.74, 6) is 0. The normalized spacial score (nSPS) is 17.4. The van der Waals surface area contributed by atoms with Crippen molar-refractivity contribution in [2.24, 2.45) is 0 Å². The van der Waals surface area contributed by atoms with E-state index in [1.165, 1.54) is 18.4 Å². The molecule has 3 heteroatoms. The SMILES string of the molecule is COCCN(C1CC1)C(C)c1ccc(N)cc1. The number of nitrogens with two attached hydrogens (primary N) is 1. The van der Waals surface area contributed by atoms with Gasteiger partial charge in [0.05, 0.1) is 6.61 Å². The van der Waals surface area contributed by atoms with E-state index in [0.717, 1.165) is 24.9 Å². The maximum absolute atomic E-state index is 5.72. The number of anilines is 1. The molecule has 1 unspecified atom stereocenters. The molecule has 0 aliphatic heterocycles. The molecule has 1 atom stereocenters. The summed E-state index contributed by atoms with van der Waals surface area (Å²) >= 11 is 0. The Labute approximate surface area is 104 Å². The van der Waals surface area contributed by atoms with Crippen molar-refractivity contribution in [2.75, 3.05) is 26.0 Å². The zero-order valence-corrected chi connectivity index (χ0v) is 10.7. The van der Waals surface area contributed by atoms with E-state index < -0.39 is 0 Å². The van der Waals surface area contributed by atoms with E-state index in [4.69, 9.17) is 10.5 Å². The molecule has 1 saturated carbocycles. The van der Waals surface area contributed by atoms with Crippen LogP contribution in [-0.2, 0) is 4.74 Å². The third-order valence-corrected chi connectivity index (χ3v) is 3.49. The Bertz CT molecular complexity index is 346. The summed E-state index contributed by atoms with van der Waals surface area (Å²) in [6, 6.07) is 9.40. The average Bonchev–Trinajstić information content (AvgIpc) is 3.14. The molecule has 2 N–H and O–H groups in total. The van der Waals surface area contributed by atoms with Gasteiger partial charge in [0.15, 0.2) is 0 Å². The number of benzene rings is 1. The van der Waals surface area contributed by atoms with E-state index in [1.807, 2.05) is 12.1 Å². The minimum absolute atomic E-state index is 0.443. The van der Waals surface area contributed by atoms with Crippen LogP contribution in [0, 0.1) is 0 Å². The van der Waals surface area contributed by atoms with Gasteiger partial charge in [0, 0.05) is 31.4 Å². The van der Waals surface area contributed by atoms with Crippen LogP contribution in [0.2, 0.25) is 0 Å². The molecule has 1 aromatic carbocycles. The molecule has 2 rings (SSSR count). The highest BCUT2D eigenvalue weighted by Crippen LogP contribution is 2.34. The fourth-order valence-electron chi connectivity index (χ4n) is 2.26. The highest BCUT2D eigenvalue weighted by molar-refractivity contribution is 5.40. The monoisotopic (exact) mass is 234 g/mol. The highest BCUT2D eigenvalue weighted by Gasteiger charge is 2.32. The van der Waals surface area contributed by atoms with Crippen LogP contribution >= 0.6 is 0 Å². The summed E-state index contributed by atoms with van der Waals surface area (Å²) < 4.78 is 5.19. The standard InChI is InChI=1S/C14H22N2O/c1-11(12-3-5-13(15)6-4-12)16(9-10-17-2)14-7-8-14/h3-6,11,14H,7-10,15H2,1-2H3. The first-order valence-electron chi connectivity index (χ1n) is 6.32. The Hall–Kier alpha value is -1.06. The third kappa shape index (κ3) is 3.20. The highest BCUT2D eigenvalue weighted by atomic mass is 16.5. The minimum Gasteiger partial charge on any atom is -0.399 e. The molecule has 1 aromatic rings. The predicted molar refractivity (Wildman–Crippen MR) is 70.9 cm³/mol. The summed E-state index contributed by atoms with van der Waals surface area (Å²) in [4.78, 5) is 2.54. The van der Waals surface area contributed by atoms with Gasteiger partial charge in [-0.15, -0.1) is 0 Å². The molecule has 1 aliphatic carbocycles. The molecule has 0 spiro atoms. The molecular weight excluding hydrogens is 212 g/mol. The second kappa shape index (κ2) is 5.52. The lowest BCUT2D eigenvalue weighted by atomic mass is 10.1. The first-order chi connectivity index (χ1) is 8.22. The number of hydrogen-bond donors (Lipinski definition) is 1. The van der Waals surface area contributed by atoms with Crippen LogP contribution in [-0.4, -0.2) is 31.2 Å². The second-order valence-corrected chi connectivity index (χ2v) is 4.80. The van der Waals surface area contributed by atoms with Crippen molar-refractivity contribution in [3.63, 3.8) is 0 Å². The van der Waals surface area contributed by atoms with Crippen molar-refractivity contribution in [3.05, 3.63) is 29.8 Å². The number of nitrogen functional groups attached to an aromatic ring is 1. The Morgan fingerprint density at radius 3 is 2.53 bits per heavy atom. The van der Waals surface area contributed by atoms with E-state index in [1.54, 1.807) is 7.11 Å². The quantitative estimate of drug-likeness (QED) is 0.768. The smallest absolute Gasteiger partial charge is 0.0590 e. The molecule has 1 aliphatic rings. The van der Waals surface area contributed by atoms with Crippen LogP contribution in [0.5, 0.6) is 0 Å². The van der Waals surface area contributed by atoms with E-state index in [-0.39, 0.29) is 0 Å². The van der Waals surface area contributed by atoms with Crippen molar-refractivity contribution < 1.29 is 4.74 Å². The van der Waals surface area contributed by atoms with Gasteiger partial charge in [-0.3, -0.25) is 4.90 Å². The summed E-state index contributed by atoms with van der Waals surface area (Å²) in [6.45, 7) is 4.07. The van der Waals surface area contributed by atoms with Gasteiger partial charge in [0.1, 0.15) is 0 Å². The summed E-state index contributed by atoms with van der Waals surface area (Å²) in [5.41, 5.74) is 7.89. The number of rotatable bonds is 6. The number of methoxy groups -OCH3 is 1. The molecule has 94 valence electrons. The van der Waals surface area contributed by atoms with Crippen LogP contribution in [0.3, 0.4) is 0 Å². The molecule has 0 radical (unpaired) electrons. The number of ether oxygens (including phenoxy) is 1. The zero-order valence-electron chi connectivity index (χ0n) is 10.7. The Morgan fingerprint density at radius 2 is 2.00 bits per heavy atom. The van der Waals surface area contributed by atoms with E-state index in [9.17, 15) is 0 Å². The lowest BCUT2D eigenvalue weighted by Gasteiger charge is -2.29. The molecular formula is C14H22N2O. The first kappa shape index (κ1) is 12.4. The van der Waals surface area contributed by atoms with Gasteiger partial charge in [-0.25, -0.2) is 0 Å². The van der Waals surface area contributed by atoms with Gasteiger partial charge in [0.2, 0.25) is 0 Å². The maximum atomic E-state index is 5.72. The van der Waals surface area contributed by atoms with Gasteiger partial charge in [0.25, 0.3) is 0 Å². The molecule has 3 nitrogen and oxygen atoms in total. The summed E-state index contributed by atoms with van der Waals surface area (Å²) in [7, 11) is 1.76. The van der Waals surface area contributed by atoms with Crippen molar-refractivity contribution in [1.82, 2.24) is 4.90 Å². The van der Waals surface area contributed by atoms with Crippen LogP contribution in [0.4, 0.5) is 5.69 Å². The van der Waals surface area contributed by atoms with Crippen molar-refractivity contribution >= 4 is 5.69 Å². The van der Waals surface area contributed by atoms with Gasteiger partial charge in [-0.2, -0.15) is 0 Å². The average molecular weight is 234 g/mol. The van der Waals surface area contributed by atoms with Crippen LogP contribution < -0.4 is 5.73 Å². The fourth-order valence-corrected chi connectivity index (χ4v) is 2.26. The van der Waals surface area contributed by atoms with Crippen molar-refractivity contribution in [3.8, 4) is 0 Å². The Morgan fingerprint density at radius 1 is 1.35 bits per heavy atom. The number of hydrogen-bond acceptors (Lipinski definition) is 3. The molecule has 17 heavy (non-hydrogen) atoms. The largest absolute Gasteiger partial charge is 0.399 e. The molecule has 0 saturated heterocycles. The lowest BCUT2D eigenvalue weighted by Crippen LogP contribution is -2.32. The van der Waals surface area contributed by atoms with Crippen LogP contribution in [0.15, 0.2) is 24.3 Å². The molecule has 0 aromatic heterocycles. The Balaban J connectivity index is 2.04. The summed E-state index contributed by atoms with van der Waals surface area (Å²) in [5, 5.41) is 0. The van der Waals surface area contributed by atoms with Gasteiger partial charge in [-0.05, 0) is 37.5 Å². The minimum atomic E-state index is 0.443. The molecule has 0 bridgehead atoms. The van der Waals surface area contributed by atoms with Crippen molar-refractivity contribution in [1.29, 1.82) is 0 Å². The molecule has 0 amide bonds. The predicted octanol–water partition coefficient (Wildman–Crippen LogP) is 2.44. The fraction of sp³-hybridized carbons (Fsp3) is 0.571. The Kier molecular flexibility index (Phi) is 4.02. The zero-order chi connectivity index (χ0) is 12.3. The van der Waals surface area contributed by atoms with Gasteiger partial charge < -0.3 is 10.5 Å². The maximum Gasteiger partial charge on any atom is 0.0590 e. The van der Waals surface area contributed by atoms with E-state index in [2.05, 4.69) is 24.0 Å². The second-order valence-electron chi connectivity index (χ2n) is 4.80. The van der Waals surface area contributed by atoms with Gasteiger partial charge in [-0.1, -0.05) is 12.1 Å². The lowest BCUT2D eigenvalue weighted by molar-refractivity contribution is 0.119. The number of nitrogens with zero attached hydrogens (tertiary/aromatic N) is 1. The van der Waals surface area contributed by atoms with Crippen LogP contribution in [0.25, 0.3) is 0 Å². The van der Waals surface area contributed by atoms with Gasteiger partial charge >= 0.3 is 0 Å². The third-order valence-electron chi connectivity index (χ3n) is 3.49.